The Hall–Kier alpha value is -3.40. The zero-order chi connectivity index (χ0) is 31.1. The molecule has 1 fully saturated rings. The van der Waals surface area contributed by atoms with Crippen molar-refractivity contribution in [3.63, 3.8) is 0 Å². The predicted octanol–water partition coefficient (Wildman–Crippen LogP) is 5.86. The molecule has 0 bridgehead atoms. The van der Waals surface area contributed by atoms with E-state index in [2.05, 4.69) is 0 Å². The fourth-order valence-electron chi connectivity index (χ4n) is 5.57. The molecule has 2 N–H and O–H groups in total. The summed E-state index contributed by atoms with van der Waals surface area (Å²) < 4.78 is 33.0. The van der Waals surface area contributed by atoms with E-state index in [1.807, 2.05) is 121 Å². The molecule has 6 atom stereocenters. The number of aliphatic hydroxyl groups excluding tert-OH is 2. The number of aliphatic hydroxyl groups is 2. The smallest absolute Gasteiger partial charge is 0.115 e. The lowest BCUT2D eigenvalue weighted by Crippen LogP contribution is -2.61. The second-order valence-electron chi connectivity index (χ2n) is 11.4. The van der Waals surface area contributed by atoms with Gasteiger partial charge in [-0.05, 0) is 35.1 Å². The molecule has 7 heteroatoms. The van der Waals surface area contributed by atoms with Gasteiger partial charge in [0.15, 0.2) is 0 Å². The summed E-state index contributed by atoms with van der Waals surface area (Å²) in [6.45, 7) is 1.50. The number of hydrogen-bond donors (Lipinski definition) is 2. The van der Waals surface area contributed by atoms with Crippen LogP contribution in [0.2, 0.25) is 0 Å². The van der Waals surface area contributed by atoms with Crippen LogP contribution in [0.5, 0.6) is 0 Å². The predicted molar refractivity (Wildman–Crippen MR) is 172 cm³/mol. The number of rotatable bonds is 17. The molecule has 1 aliphatic heterocycles. The van der Waals surface area contributed by atoms with Crippen LogP contribution in [0.4, 0.5) is 0 Å². The van der Waals surface area contributed by atoms with Crippen molar-refractivity contribution >= 4 is 0 Å². The molecular formula is C38H44O7. The molecule has 0 radical (unpaired) electrons. The standard InChI is InChI=1S/C38H44O7/c39-23-33(40)21-22-34-36(42-25-30-15-7-2-8-16-30)38(44-27-32-19-11-4-12-20-32)37(43-26-31-17-9-3-10-18-31)35(45-34)28-41-24-29-13-5-1-6-14-29/h1-20,33-40H,21-28H2/t33-,34+,35-,36+,37-,38-/m1/s1. The fraction of sp³-hybridized carbons (Fsp3) is 0.368. The molecule has 1 saturated heterocycles. The zero-order valence-electron chi connectivity index (χ0n) is 25.6. The van der Waals surface area contributed by atoms with Gasteiger partial charge >= 0.3 is 0 Å². The van der Waals surface area contributed by atoms with Crippen molar-refractivity contribution in [2.45, 2.75) is 75.9 Å². The Balaban J connectivity index is 1.43. The van der Waals surface area contributed by atoms with E-state index in [4.69, 9.17) is 23.7 Å². The topological polar surface area (TPSA) is 86.6 Å². The highest BCUT2D eigenvalue weighted by molar-refractivity contribution is 5.16. The van der Waals surface area contributed by atoms with Crippen molar-refractivity contribution in [3.8, 4) is 0 Å². The summed E-state index contributed by atoms with van der Waals surface area (Å²) in [7, 11) is 0. The van der Waals surface area contributed by atoms with Crippen LogP contribution in [-0.2, 0) is 50.1 Å². The van der Waals surface area contributed by atoms with Crippen LogP contribution >= 0.6 is 0 Å². The summed E-state index contributed by atoms with van der Waals surface area (Å²) in [6.07, 6.45) is -2.46. The molecule has 45 heavy (non-hydrogen) atoms. The van der Waals surface area contributed by atoms with E-state index in [1.54, 1.807) is 0 Å². The molecule has 7 nitrogen and oxygen atoms in total. The number of ether oxygens (including phenoxy) is 5. The molecule has 1 aliphatic rings. The first-order chi connectivity index (χ1) is 22.2. The Morgan fingerprint density at radius 1 is 0.533 bits per heavy atom. The van der Waals surface area contributed by atoms with Crippen LogP contribution in [0.15, 0.2) is 121 Å². The number of benzene rings is 4. The zero-order valence-corrected chi connectivity index (χ0v) is 25.6. The van der Waals surface area contributed by atoms with Gasteiger partial charge in [0, 0.05) is 0 Å². The summed E-state index contributed by atoms with van der Waals surface area (Å²) in [5, 5.41) is 19.8. The average molecular weight is 613 g/mol. The molecule has 5 rings (SSSR count). The molecular weight excluding hydrogens is 568 g/mol. The van der Waals surface area contributed by atoms with E-state index < -0.39 is 36.6 Å². The minimum atomic E-state index is -0.855. The van der Waals surface area contributed by atoms with Gasteiger partial charge in [-0.25, -0.2) is 0 Å². The fourth-order valence-corrected chi connectivity index (χ4v) is 5.57. The lowest BCUT2D eigenvalue weighted by molar-refractivity contribution is -0.274. The van der Waals surface area contributed by atoms with Crippen molar-refractivity contribution in [1.29, 1.82) is 0 Å². The Labute approximate surface area is 266 Å². The Kier molecular flexibility index (Phi) is 13.1. The van der Waals surface area contributed by atoms with Crippen molar-refractivity contribution in [2.75, 3.05) is 13.2 Å². The van der Waals surface area contributed by atoms with E-state index in [9.17, 15) is 10.2 Å². The first-order valence-corrected chi connectivity index (χ1v) is 15.7. The van der Waals surface area contributed by atoms with Crippen LogP contribution in [-0.4, -0.2) is 60.1 Å². The average Bonchev–Trinajstić information content (AvgIpc) is 3.10. The van der Waals surface area contributed by atoms with E-state index in [-0.39, 0.29) is 13.2 Å². The highest BCUT2D eigenvalue weighted by atomic mass is 16.6. The van der Waals surface area contributed by atoms with E-state index in [1.165, 1.54) is 0 Å². The maximum atomic E-state index is 10.3. The van der Waals surface area contributed by atoms with Gasteiger partial charge in [0.1, 0.15) is 24.4 Å². The van der Waals surface area contributed by atoms with Crippen molar-refractivity contribution in [1.82, 2.24) is 0 Å². The second kappa shape index (κ2) is 17.9. The van der Waals surface area contributed by atoms with Crippen LogP contribution in [0.1, 0.15) is 35.1 Å². The molecule has 0 saturated carbocycles. The molecule has 238 valence electrons. The van der Waals surface area contributed by atoms with Gasteiger partial charge in [0.25, 0.3) is 0 Å². The van der Waals surface area contributed by atoms with Crippen molar-refractivity contribution in [2.24, 2.45) is 0 Å². The quantitative estimate of drug-likeness (QED) is 0.155. The monoisotopic (exact) mass is 612 g/mol. The molecule has 0 amide bonds. The van der Waals surface area contributed by atoms with E-state index in [0.29, 0.717) is 39.3 Å². The first-order valence-electron chi connectivity index (χ1n) is 15.7. The van der Waals surface area contributed by atoms with Crippen LogP contribution in [0.25, 0.3) is 0 Å². The third-order valence-electron chi connectivity index (χ3n) is 7.97. The third kappa shape index (κ3) is 10.3. The van der Waals surface area contributed by atoms with Crippen LogP contribution in [0, 0.1) is 0 Å². The molecule has 1 heterocycles. The summed E-state index contributed by atoms with van der Waals surface area (Å²) in [4.78, 5) is 0. The molecule has 4 aromatic carbocycles. The van der Waals surface area contributed by atoms with Gasteiger partial charge in [-0.15, -0.1) is 0 Å². The first kappa shape index (κ1) is 33.0. The van der Waals surface area contributed by atoms with Gasteiger partial charge in [-0.2, -0.15) is 0 Å². The molecule has 0 aliphatic carbocycles. The molecule has 0 aromatic heterocycles. The minimum Gasteiger partial charge on any atom is -0.394 e. The van der Waals surface area contributed by atoms with Crippen molar-refractivity contribution < 1.29 is 33.9 Å². The minimum absolute atomic E-state index is 0.282. The number of hydrogen-bond acceptors (Lipinski definition) is 7. The second-order valence-corrected chi connectivity index (χ2v) is 11.4. The van der Waals surface area contributed by atoms with Gasteiger partial charge in [0.2, 0.25) is 0 Å². The Morgan fingerprint density at radius 3 is 1.38 bits per heavy atom. The molecule has 0 spiro atoms. The summed E-state index contributed by atoms with van der Waals surface area (Å²) in [5.74, 6) is 0. The highest BCUT2D eigenvalue weighted by Gasteiger charge is 2.48. The lowest BCUT2D eigenvalue weighted by Gasteiger charge is -2.46. The van der Waals surface area contributed by atoms with Crippen molar-refractivity contribution in [3.05, 3.63) is 144 Å². The third-order valence-corrected chi connectivity index (χ3v) is 7.97. The molecule has 4 aromatic rings. The SMILES string of the molecule is OC[C@H](O)CC[C@@H]1O[C@H](COCc2ccccc2)[C@@H](OCc2ccccc2)[C@H](OCc2ccccc2)[C@H]1OCc1ccccc1. The Morgan fingerprint density at radius 2 is 0.933 bits per heavy atom. The lowest BCUT2D eigenvalue weighted by atomic mass is 9.91. The maximum absolute atomic E-state index is 10.3. The van der Waals surface area contributed by atoms with E-state index >= 15 is 0 Å². The summed E-state index contributed by atoms with van der Waals surface area (Å²) in [5.41, 5.74) is 4.18. The van der Waals surface area contributed by atoms with Gasteiger partial charge in [-0.3, -0.25) is 0 Å². The molecule has 0 unspecified atom stereocenters. The summed E-state index contributed by atoms with van der Waals surface area (Å²) >= 11 is 0. The largest absolute Gasteiger partial charge is 0.394 e. The maximum Gasteiger partial charge on any atom is 0.115 e. The van der Waals surface area contributed by atoms with Gasteiger partial charge in [0.05, 0.1) is 51.8 Å². The van der Waals surface area contributed by atoms with Gasteiger partial charge < -0.3 is 33.9 Å². The normalized spacial score (nSPS) is 22.2. The Bertz CT molecular complexity index is 1340. The van der Waals surface area contributed by atoms with Gasteiger partial charge in [-0.1, -0.05) is 121 Å². The summed E-state index contributed by atoms with van der Waals surface area (Å²) in [6, 6.07) is 40.1. The highest BCUT2D eigenvalue weighted by Crippen LogP contribution is 2.33. The van der Waals surface area contributed by atoms with Crippen LogP contribution in [0.3, 0.4) is 0 Å². The van der Waals surface area contributed by atoms with E-state index in [0.717, 1.165) is 22.3 Å². The van der Waals surface area contributed by atoms with Crippen LogP contribution < -0.4 is 0 Å².